The van der Waals surface area contributed by atoms with Crippen molar-refractivity contribution in [2.24, 2.45) is 5.92 Å². The average Bonchev–Trinajstić information content (AvgIpc) is 2.73. The van der Waals surface area contributed by atoms with Crippen LogP contribution in [-0.4, -0.2) is 42.0 Å². The van der Waals surface area contributed by atoms with E-state index in [0.717, 1.165) is 12.8 Å². The Bertz CT molecular complexity index is 626. The number of nitrogens with zero attached hydrogens (tertiary/aromatic N) is 2. The van der Waals surface area contributed by atoms with Gasteiger partial charge >= 0.3 is 0 Å². The molecule has 1 aliphatic heterocycles. The van der Waals surface area contributed by atoms with Gasteiger partial charge in [0.25, 0.3) is 15.0 Å². The summed E-state index contributed by atoms with van der Waals surface area (Å²) in [7, 11) is 1.40. The van der Waals surface area contributed by atoms with Gasteiger partial charge in [0.1, 0.15) is 4.90 Å². The zero-order valence-corrected chi connectivity index (χ0v) is 13.3. The van der Waals surface area contributed by atoms with Gasteiger partial charge in [-0.05, 0) is 32.6 Å². The summed E-state index contributed by atoms with van der Waals surface area (Å²) in [4.78, 5) is 14.0. The van der Waals surface area contributed by atoms with Gasteiger partial charge in [0, 0.05) is 23.3 Å². The number of aromatic amines is 1. The van der Waals surface area contributed by atoms with Gasteiger partial charge in [-0.15, -0.1) is 0 Å². The Morgan fingerprint density at radius 3 is 2.65 bits per heavy atom. The summed E-state index contributed by atoms with van der Waals surface area (Å²) in [5.74, 6) is 0.0128. The van der Waals surface area contributed by atoms with Gasteiger partial charge in [-0.1, -0.05) is 6.92 Å². The van der Waals surface area contributed by atoms with Crippen molar-refractivity contribution in [2.45, 2.75) is 44.6 Å². The van der Waals surface area contributed by atoms with Crippen LogP contribution in [0.15, 0.2) is 4.90 Å². The number of aryl methyl sites for hydroxylation is 1. The molecule has 1 fully saturated rings. The smallest absolute Gasteiger partial charge is 0.276 e. The van der Waals surface area contributed by atoms with Gasteiger partial charge in [-0.3, -0.25) is 9.89 Å². The standard InChI is InChI=1S/C12H18ClN3O3S/c1-7-4-5-8(2)16(6-7)12(17)10-11(20(13,18)19)9(3)14-15-10/h7-8H,4-6H2,1-3H3,(H,14,15). The van der Waals surface area contributed by atoms with Crippen LogP contribution in [-0.2, 0) is 9.05 Å². The maximum Gasteiger partial charge on any atom is 0.276 e. The third-order valence-corrected chi connectivity index (χ3v) is 5.17. The zero-order chi connectivity index (χ0) is 15.1. The van der Waals surface area contributed by atoms with Crippen molar-refractivity contribution in [3.8, 4) is 0 Å². The van der Waals surface area contributed by atoms with E-state index in [1.54, 1.807) is 4.90 Å². The highest BCUT2D eigenvalue weighted by Crippen LogP contribution is 2.27. The van der Waals surface area contributed by atoms with Gasteiger partial charge < -0.3 is 4.90 Å². The Hall–Kier alpha value is -1.08. The van der Waals surface area contributed by atoms with Gasteiger partial charge in [0.05, 0.1) is 5.69 Å². The van der Waals surface area contributed by atoms with Crippen molar-refractivity contribution < 1.29 is 13.2 Å². The van der Waals surface area contributed by atoms with E-state index < -0.39 is 9.05 Å². The topological polar surface area (TPSA) is 83.1 Å². The molecule has 6 nitrogen and oxygen atoms in total. The molecule has 2 heterocycles. The molecule has 1 amide bonds. The van der Waals surface area contributed by atoms with Crippen LogP contribution in [0.25, 0.3) is 0 Å². The first-order valence-electron chi connectivity index (χ1n) is 6.52. The highest BCUT2D eigenvalue weighted by Gasteiger charge is 2.33. The van der Waals surface area contributed by atoms with Crippen LogP contribution in [0, 0.1) is 12.8 Å². The number of amides is 1. The predicted octanol–water partition coefficient (Wildman–Crippen LogP) is 1.91. The van der Waals surface area contributed by atoms with Gasteiger partial charge in [-0.2, -0.15) is 5.10 Å². The molecule has 0 aliphatic carbocycles. The number of hydrogen-bond acceptors (Lipinski definition) is 4. The molecule has 2 atom stereocenters. The van der Waals surface area contributed by atoms with E-state index in [0.29, 0.717) is 12.5 Å². The molecule has 0 bridgehead atoms. The van der Waals surface area contributed by atoms with Crippen molar-refractivity contribution in [1.29, 1.82) is 0 Å². The van der Waals surface area contributed by atoms with E-state index in [9.17, 15) is 13.2 Å². The van der Waals surface area contributed by atoms with Crippen LogP contribution in [0.3, 0.4) is 0 Å². The zero-order valence-electron chi connectivity index (χ0n) is 11.7. The molecular weight excluding hydrogens is 302 g/mol. The second-order valence-corrected chi connectivity index (χ2v) is 7.96. The number of halogens is 1. The summed E-state index contributed by atoms with van der Waals surface area (Å²) >= 11 is 0. The first-order chi connectivity index (χ1) is 9.21. The van der Waals surface area contributed by atoms with Crippen molar-refractivity contribution in [3.63, 3.8) is 0 Å². The van der Waals surface area contributed by atoms with E-state index in [-0.39, 0.29) is 28.2 Å². The van der Waals surface area contributed by atoms with Crippen LogP contribution in [0.5, 0.6) is 0 Å². The normalized spacial score (nSPS) is 23.9. The number of nitrogens with one attached hydrogen (secondary N) is 1. The minimum Gasteiger partial charge on any atom is -0.334 e. The minimum absolute atomic E-state index is 0.0709. The van der Waals surface area contributed by atoms with Gasteiger partial charge in [0.15, 0.2) is 5.69 Å². The fourth-order valence-electron chi connectivity index (χ4n) is 2.57. The minimum atomic E-state index is -4.00. The number of likely N-dealkylation sites (tertiary alicyclic amines) is 1. The molecule has 1 aromatic heterocycles. The lowest BCUT2D eigenvalue weighted by molar-refractivity contribution is 0.0564. The molecule has 0 spiro atoms. The summed E-state index contributed by atoms with van der Waals surface area (Å²) in [6, 6.07) is 0.0709. The highest BCUT2D eigenvalue weighted by molar-refractivity contribution is 8.13. The number of carbonyl (C=O) groups excluding carboxylic acids is 1. The number of piperidine rings is 1. The van der Waals surface area contributed by atoms with Crippen LogP contribution in [0.2, 0.25) is 0 Å². The van der Waals surface area contributed by atoms with E-state index in [1.807, 2.05) is 6.92 Å². The summed E-state index contributed by atoms with van der Waals surface area (Å²) in [5, 5.41) is 6.37. The average molecular weight is 320 g/mol. The number of aromatic nitrogens is 2. The molecule has 112 valence electrons. The lowest BCUT2D eigenvalue weighted by Gasteiger charge is -2.36. The van der Waals surface area contributed by atoms with Crippen molar-refractivity contribution >= 4 is 25.6 Å². The number of carbonyl (C=O) groups is 1. The SMILES string of the molecule is Cc1[nH]nc(C(=O)N2CC(C)CCC2C)c1S(=O)(=O)Cl. The lowest BCUT2D eigenvalue weighted by Crippen LogP contribution is -2.45. The molecule has 1 N–H and O–H groups in total. The van der Waals surface area contributed by atoms with Gasteiger partial charge in [0.2, 0.25) is 0 Å². The number of rotatable bonds is 2. The molecule has 2 rings (SSSR count). The van der Waals surface area contributed by atoms with Crippen molar-refractivity contribution in [1.82, 2.24) is 15.1 Å². The fraction of sp³-hybridized carbons (Fsp3) is 0.667. The van der Waals surface area contributed by atoms with E-state index >= 15 is 0 Å². The maximum atomic E-state index is 12.6. The number of hydrogen-bond donors (Lipinski definition) is 1. The molecular formula is C12H18ClN3O3S. The molecule has 1 saturated heterocycles. The van der Waals surface area contributed by atoms with Crippen molar-refractivity contribution in [3.05, 3.63) is 11.4 Å². The Morgan fingerprint density at radius 1 is 1.40 bits per heavy atom. The lowest BCUT2D eigenvalue weighted by atomic mass is 9.95. The Kier molecular flexibility index (Phi) is 4.11. The molecule has 1 aliphatic rings. The highest BCUT2D eigenvalue weighted by atomic mass is 35.7. The van der Waals surface area contributed by atoms with Crippen LogP contribution >= 0.6 is 10.7 Å². The second-order valence-electron chi connectivity index (χ2n) is 5.45. The van der Waals surface area contributed by atoms with E-state index in [2.05, 4.69) is 17.1 Å². The molecule has 1 aromatic rings. The molecule has 2 unspecified atom stereocenters. The Labute approximate surface area is 122 Å². The molecule has 0 saturated carbocycles. The van der Waals surface area contributed by atoms with Crippen LogP contribution < -0.4 is 0 Å². The van der Waals surface area contributed by atoms with Crippen LogP contribution in [0.1, 0.15) is 42.9 Å². The second kappa shape index (κ2) is 5.37. The summed E-state index contributed by atoms with van der Waals surface area (Å²) in [6.07, 6.45) is 1.96. The first kappa shape index (κ1) is 15.3. The molecule has 20 heavy (non-hydrogen) atoms. The summed E-state index contributed by atoms with van der Waals surface area (Å²) in [6.45, 7) is 6.16. The fourth-order valence-corrected chi connectivity index (χ4v) is 3.91. The predicted molar refractivity (Wildman–Crippen MR) is 75.3 cm³/mol. The summed E-state index contributed by atoms with van der Waals surface area (Å²) in [5.41, 5.74) is 0.166. The molecule has 0 aromatic carbocycles. The van der Waals surface area contributed by atoms with Gasteiger partial charge in [-0.25, -0.2) is 8.42 Å². The number of H-pyrrole nitrogens is 1. The van der Waals surface area contributed by atoms with Crippen LogP contribution in [0.4, 0.5) is 0 Å². The largest absolute Gasteiger partial charge is 0.334 e. The third-order valence-electron chi connectivity index (χ3n) is 3.72. The molecule has 0 radical (unpaired) electrons. The van der Waals surface area contributed by atoms with E-state index in [1.165, 1.54) is 6.92 Å². The summed E-state index contributed by atoms with van der Waals surface area (Å²) < 4.78 is 23.2. The Balaban J connectivity index is 2.39. The maximum absolute atomic E-state index is 12.6. The first-order valence-corrected chi connectivity index (χ1v) is 8.83. The van der Waals surface area contributed by atoms with E-state index in [4.69, 9.17) is 10.7 Å². The van der Waals surface area contributed by atoms with Crippen molar-refractivity contribution in [2.75, 3.05) is 6.54 Å². The monoisotopic (exact) mass is 319 g/mol. The third kappa shape index (κ3) is 2.83. The molecule has 8 heteroatoms. The Morgan fingerprint density at radius 2 is 2.05 bits per heavy atom. The quantitative estimate of drug-likeness (QED) is 0.844.